The minimum atomic E-state index is -0.612. The number of amides is 1. The average Bonchev–Trinajstić information content (AvgIpc) is 2.37. The first-order valence-electron chi connectivity index (χ1n) is 5.84. The molecule has 19 heavy (non-hydrogen) atoms. The van der Waals surface area contributed by atoms with Gasteiger partial charge < -0.3 is 10.6 Å². The minimum Gasteiger partial charge on any atom is -0.333 e. The van der Waals surface area contributed by atoms with Gasteiger partial charge in [-0.05, 0) is 12.5 Å². The van der Waals surface area contributed by atoms with Gasteiger partial charge in [-0.2, -0.15) is 0 Å². The highest BCUT2D eigenvalue weighted by Crippen LogP contribution is 2.15. The Morgan fingerprint density at radius 1 is 1.63 bits per heavy atom. The van der Waals surface area contributed by atoms with E-state index in [0.717, 1.165) is 0 Å². The number of non-ortho nitro benzene ring substituents is 1. The molecule has 0 aliphatic rings. The molecule has 1 rings (SSSR count). The second-order valence-corrected chi connectivity index (χ2v) is 4.22. The van der Waals surface area contributed by atoms with Gasteiger partial charge in [0, 0.05) is 25.2 Å². The van der Waals surface area contributed by atoms with Crippen LogP contribution in [0.2, 0.25) is 0 Å². The van der Waals surface area contributed by atoms with E-state index in [1.54, 1.807) is 25.1 Å². The number of carbonyl (C=O) groups is 1. The van der Waals surface area contributed by atoms with Gasteiger partial charge in [-0.1, -0.05) is 18.2 Å². The van der Waals surface area contributed by atoms with Gasteiger partial charge in [0.25, 0.3) is 5.69 Å². The lowest BCUT2D eigenvalue weighted by Crippen LogP contribution is -2.41. The number of nitro groups is 1. The molecular weight excluding hydrogens is 246 g/mol. The third kappa shape index (κ3) is 4.18. The van der Waals surface area contributed by atoms with Gasteiger partial charge in [0.05, 0.1) is 11.0 Å². The maximum atomic E-state index is 11.9. The summed E-state index contributed by atoms with van der Waals surface area (Å²) in [6, 6.07) is 5.57. The minimum absolute atomic E-state index is 0.00398. The summed E-state index contributed by atoms with van der Waals surface area (Å²) in [6.07, 6.45) is 1.59. The second kappa shape index (κ2) is 6.65. The fraction of sp³-hybridized carbons (Fsp3) is 0.308. The molecule has 0 unspecified atom stereocenters. The van der Waals surface area contributed by atoms with E-state index in [1.165, 1.54) is 17.0 Å². The molecule has 0 heterocycles. The number of nitrogens with two attached hydrogens (primary N) is 1. The molecule has 0 fully saturated rings. The van der Waals surface area contributed by atoms with Crippen LogP contribution in [0, 0.1) is 10.1 Å². The lowest BCUT2D eigenvalue weighted by Gasteiger charge is -2.23. The number of nitro benzene ring substituents is 1. The number of hydrogen-bond acceptors (Lipinski definition) is 4. The molecule has 6 heteroatoms. The molecule has 1 aromatic rings. The Morgan fingerprint density at radius 3 is 2.84 bits per heavy atom. The Labute approximate surface area is 111 Å². The molecule has 1 atom stereocenters. The molecule has 6 nitrogen and oxygen atoms in total. The highest BCUT2D eigenvalue weighted by atomic mass is 16.6. The lowest BCUT2D eigenvalue weighted by atomic mass is 10.1. The van der Waals surface area contributed by atoms with Gasteiger partial charge in [0.1, 0.15) is 0 Å². The third-order valence-corrected chi connectivity index (χ3v) is 2.55. The molecule has 0 saturated carbocycles. The van der Waals surface area contributed by atoms with Gasteiger partial charge in [-0.25, -0.2) is 0 Å². The molecule has 0 saturated heterocycles. The van der Waals surface area contributed by atoms with Gasteiger partial charge in [0.2, 0.25) is 5.91 Å². The molecule has 0 aliphatic carbocycles. The average molecular weight is 263 g/mol. The first-order valence-corrected chi connectivity index (χ1v) is 5.84. The van der Waals surface area contributed by atoms with E-state index in [2.05, 4.69) is 6.58 Å². The normalized spacial score (nSPS) is 11.7. The van der Waals surface area contributed by atoms with Crippen LogP contribution in [0.1, 0.15) is 12.5 Å². The van der Waals surface area contributed by atoms with Gasteiger partial charge in [-0.15, -0.1) is 6.58 Å². The van der Waals surface area contributed by atoms with Gasteiger partial charge in [0.15, 0.2) is 0 Å². The summed E-state index contributed by atoms with van der Waals surface area (Å²) in [4.78, 5) is 23.6. The van der Waals surface area contributed by atoms with E-state index in [-0.39, 0.29) is 18.1 Å². The zero-order valence-electron chi connectivity index (χ0n) is 10.8. The smallest absolute Gasteiger partial charge is 0.269 e. The van der Waals surface area contributed by atoms with E-state index >= 15 is 0 Å². The summed E-state index contributed by atoms with van der Waals surface area (Å²) in [5.41, 5.74) is 6.25. The molecule has 0 aromatic heterocycles. The van der Waals surface area contributed by atoms with Crippen LogP contribution in [0.4, 0.5) is 5.69 Å². The SMILES string of the molecule is C=CCN(Cc1cccc([N+](=O)[O-])c1)C(=O)[C@H](C)N. The van der Waals surface area contributed by atoms with E-state index < -0.39 is 11.0 Å². The quantitative estimate of drug-likeness (QED) is 0.478. The number of rotatable bonds is 6. The van der Waals surface area contributed by atoms with Crippen LogP contribution >= 0.6 is 0 Å². The van der Waals surface area contributed by atoms with Crippen LogP contribution in [0.15, 0.2) is 36.9 Å². The third-order valence-electron chi connectivity index (χ3n) is 2.55. The van der Waals surface area contributed by atoms with E-state index in [1.807, 2.05) is 0 Å². The fourth-order valence-corrected chi connectivity index (χ4v) is 1.67. The van der Waals surface area contributed by atoms with Crippen molar-refractivity contribution in [1.82, 2.24) is 4.90 Å². The van der Waals surface area contributed by atoms with Crippen molar-refractivity contribution in [2.24, 2.45) is 5.73 Å². The summed E-state index contributed by atoms with van der Waals surface area (Å²) < 4.78 is 0. The number of hydrogen-bond donors (Lipinski definition) is 1. The Morgan fingerprint density at radius 2 is 2.32 bits per heavy atom. The molecule has 0 bridgehead atoms. The standard InChI is InChI=1S/C13H17N3O3/c1-3-7-15(13(17)10(2)14)9-11-5-4-6-12(8-11)16(18)19/h3-6,8,10H,1,7,9,14H2,2H3/t10-/m0/s1. The van der Waals surface area contributed by atoms with Crippen molar-refractivity contribution in [3.8, 4) is 0 Å². The Bertz CT molecular complexity index is 486. The van der Waals surface area contributed by atoms with Crippen molar-refractivity contribution in [2.75, 3.05) is 6.54 Å². The van der Waals surface area contributed by atoms with Crippen LogP contribution < -0.4 is 5.73 Å². The Balaban J connectivity index is 2.90. The summed E-state index contributed by atoms with van der Waals surface area (Å²) in [5.74, 6) is -0.216. The predicted octanol–water partition coefficient (Wildman–Crippen LogP) is 1.46. The topological polar surface area (TPSA) is 89.5 Å². The largest absolute Gasteiger partial charge is 0.333 e. The maximum Gasteiger partial charge on any atom is 0.269 e. The number of benzene rings is 1. The van der Waals surface area contributed by atoms with Crippen LogP contribution in [0.25, 0.3) is 0 Å². The monoisotopic (exact) mass is 263 g/mol. The van der Waals surface area contributed by atoms with Crippen LogP contribution in [0.3, 0.4) is 0 Å². The molecule has 102 valence electrons. The van der Waals surface area contributed by atoms with Gasteiger partial charge >= 0.3 is 0 Å². The second-order valence-electron chi connectivity index (χ2n) is 4.22. The van der Waals surface area contributed by atoms with Crippen LogP contribution in [0.5, 0.6) is 0 Å². The van der Waals surface area contributed by atoms with Crippen molar-refractivity contribution in [3.05, 3.63) is 52.6 Å². The molecule has 0 aliphatic heterocycles. The van der Waals surface area contributed by atoms with E-state index in [0.29, 0.717) is 12.1 Å². The van der Waals surface area contributed by atoms with Crippen molar-refractivity contribution >= 4 is 11.6 Å². The fourth-order valence-electron chi connectivity index (χ4n) is 1.67. The highest BCUT2D eigenvalue weighted by molar-refractivity contribution is 5.81. The van der Waals surface area contributed by atoms with E-state index in [4.69, 9.17) is 5.73 Å². The highest BCUT2D eigenvalue weighted by Gasteiger charge is 2.17. The summed E-state index contributed by atoms with van der Waals surface area (Å²) in [5, 5.41) is 10.7. The Hall–Kier alpha value is -2.21. The van der Waals surface area contributed by atoms with Crippen molar-refractivity contribution in [1.29, 1.82) is 0 Å². The molecule has 0 radical (unpaired) electrons. The Kier molecular flexibility index (Phi) is 5.20. The first kappa shape index (κ1) is 14.8. The maximum absolute atomic E-state index is 11.9. The zero-order valence-corrected chi connectivity index (χ0v) is 10.8. The summed E-state index contributed by atoms with van der Waals surface area (Å²) in [7, 11) is 0. The molecule has 1 aromatic carbocycles. The summed E-state index contributed by atoms with van der Waals surface area (Å²) in [6.45, 7) is 5.81. The molecule has 2 N–H and O–H groups in total. The van der Waals surface area contributed by atoms with Crippen molar-refractivity contribution < 1.29 is 9.72 Å². The zero-order chi connectivity index (χ0) is 14.4. The molecule has 1 amide bonds. The number of nitrogens with zero attached hydrogens (tertiary/aromatic N) is 2. The summed E-state index contributed by atoms with van der Waals surface area (Å²) >= 11 is 0. The molecule has 0 spiro atoms. The first-order chi connectivity index (χ1) is 8.95. The predicted molar refractivity (Wildman–Crippen MR) is 72.4 cm³/mol. The van der Waals surface area contributed by atoms with Crippen LogP contribution in [-0.4, -0.2) is 28.3 Å². The van der Waals surface area contributed by atoms with Crippen LogP contribution in [-0.2, 0) is 11.3 Å². The van der Waals surface area contributed by atoms with Gasteiger partial charge in [-0.3, -0.25) is 14.9 Å². The number of carbonyl (C=O) groups excluding carboxylic acids is 1. The lowest BCUT2D eigenvalue weighted by molar-refractivity contribution is -0.384. The van der Waals surface area contributed by atoms with E-state index in [9.17, 15) is 14.9 Å². The van der Waals surface area contributed by atoms with Crippen molar-refractivity contribution in [3.63, 3.8) is 0 Å². The molecular formula is C13H17N3O3. The van der Waals surface area contributed by atoms with Crippen molar-refractivity contribution in [2.45, 2.75) is 19.5 Å².